The van der Waals surface area contributed by atoms with Crippen LogP contribution >= 0.6 is 15.9 Å². The van der Waals surface area contributed by atoms with Crippen LogP contribution in [0.5, 0.6) is 0 Å². The van der Waals surface area contributed by atoms with Gasteiger partial charge in [-0.15, -0.1) is 0 Å². The van der Waals surface area contributed by atoms with Gasteiger partial charge in [0.25, 0.3) is 0 Å². The molecule has 1 atom stereocenters. The fourth-order valence-electron chi connectivity index (χ4n) is 1.74. The highest BCUT2D eigenvalue weighted by atomic mass is 79.9. The van der Waals surface area contributed by atoms with E-state index in [1.807, 2.05) is 0 Å². The Hall–Kier alpha value is 0.440. The predicted octanol–water partition coefficient (Wildman–Crippen LogP) is 4.31. The summed E-state index contributed by atoms with van der Waals surface area (Å²) in [5, 5.41) is 1.14. The Labute approximate surface area is 105 Å². The molecular formula is C13H28BrN. The van der Waals surface area contributed by atoms with Crippen molar-refractivity contribution in [2.24, 2.45) is 5.92 Å². The van der Waals surface area contributed by atoms with Gasteiger partial charge in [-0.2, -0.15) is 0 Å². The second-order valence-corrected chi connectivity index (χ2v) is 5.37. The molecule has 0 spiro atoms. The van der Waals surface area contributed by atoms with Gasteiger partial charge in [0.15, 0.2) is 0 Å². The van der Waals surface area contributed by atoms with Crippen LogP contribution in [0.1, 0.15) is 53.4 Å². The average Bonchev–Trinajstić information content (AvgIpc) is 2.23. The lowest BCUT2D eigenvalue weighted by Gasteiger charge is -2.29. The zero-order chi connectivity index (χ0) is 11.7. The van der Waals surface area contributed by atoms with Crippen LogP contribution in [-0.2, 0) is 0 Å². The molecule has 0 aliphatic heterocycles. The van der Waals surface area contributed by atoms with E-state index in [2.05, 4.69) is 48.5 Å². The van der Waals surface area contributed by atoms with Gasteiger partial charge >= 0.3 is 0 Å². The van der Waals surface area contributed by atoms with E-state index in [-0.39, 0.29) is 0 Å². The Morgan fingerprint density at radius 2 is 1.80 bits per heavy atom. The maximum atomic E-state index is 3.61. The van der Waals surface area contributed by atoms with E-state index in [1.165, 1.54) is 38.8 Å². The molecule has 0 aromatic rings. The van der Waals surface area contributed by atoms with Gasteiger partial charge in [0.1, 0.15) is 0 Å². The van der Waals surface area contributed by atoms with Crippen molar-refractivity contribution in [2.75, 3.05) is 18.4 Å². The quantitative estimate of drug-likeness (QED) is 0.449. The Morgan fingerprint density at radius 3 is 2.20 bits per heavy atom. The van der Waals surface area contributed by atoms with Crippen LogP contribution in [0.3, 0.4) is 0 Å². The maximum Gasteiger partial charge on any atom is 0.00717 e. The van der Waals surface area contributed by atoms with Gasteiger partial charge in [-0.25, -0.2) is 0 Å². The Morgan fingerprint density at radius 1 is 1.13 bits per heavy atom. The van der Waals surface area contributed by atoms with Crippen LogP contribution in [-0.4, -0.2) is 29.4 Å². The van der Waals surface area contributed by atoms with Gasteiger partial charge in [0, 0.05) is 17.9 Å². The fraction of sp³-hybridized carbons (Fsp3) is 1.00. The summed E-state index contributed by atoms with van der Waals surface area (Å²) in [6.07, 6.45) is 5.32. The number of halogens is 1. The summed E-state index contributed by atoms with van der Waals surface area (Å²) in [6, 6.07) is 0.690. The average molecular weight is 278 g/mol. The van der Waals surface area contributed by atoms with Crippen molar-refractivity contribution in [3.05, 3.63) is 0 Å². The number of unbranched alkanes of at least 4 members (excludes halogenated alkanes) is 2. The van der Waals surface area contributed by atoms with Crippen molar-refractivity contribution in [3.63, 3.8) is 0 Å². The molecule has 0 bridgehead atoms. The molecule has 0 aromatic carbocycles. The Kier molecular flexibility index (Phi) is 9.93. The van der Waals surface area contributed by atoms with Crippen molar-refractivity contribution in [2.45, 2.75) is 59.4 Å². The molecule has 1 nitrogen and oxygen atoms in total. The summed E-state index contributed by atoms with van der Waals surface area (Å²) in [5.74, 6) is 0.814. The number of nitrogens with zero attached hydrogens (tertiary/aromatic N) is 1. The number of alkyl halides is 1. The highest BCUT2D eigenvalue weighted by molar-refractivity contribution is 9.09. The molecule has 0 saturated carbocycles. The largest absolute Gasteiger partial charge is 0.301 e. The van der Waals surface area contributed by atoms with Gasteiger partial charge in [-0.05, 0) is 32.7 Å². The summed E-state index contributed by atoms with van der Waals surface area (Å²) >= 11 is 3.61. The molecule has 92 valence electrons. The number of rotatable bonds is 9. The van der Waals surface area contributed by atoms with E-state index < -0.39 is 0 Å². The van der Waals surface area contributed by atoms with Crippen LogP contribution in [0.15, 0.2) is 0 Å². The van der Waals surface area contributed by atoms with Crippen molar-refractivity contribution in [1.29, 1.82) is 0 Å². The molecule has 0 heterocycles. The fourth-order valence-corrected chi connectivity index (χ4v) is 2.41. The molecule has 0 fully saturated rings. The minimum Gasteiger partial charge on any atom is -0.301 e. The number of hydrogen-bond acceptors (Lipinski definition) is 1. The van der Waals surface area contributed by atoms with E-state index in [4.69, 9.17) is 0 Å². The summed E-state index contributed by atoms with van der Waals surface area (Å²) < 4.78 is 0. The van der Waals surface area contributed by atoms with Crippen LogP contribution in [0, 0.1) is 5.92 Å². The van der Waals surface area contributed by atoms with Gasteiger partial charge in [-0.1, -0.05) is 49.0 Å². The molecule has 1 unspecified atom stereocenters. The van der Waals surface area contributed by atoms with Crippen LogP contribution in [0.2, 0.25) is 0 Å². The van der Waals surface area contributed by atoms with E-state index in [0.29, 0.717) is 6.04 Å². The van der Waals surface area contributed by atoms with Crippen molar-refractivity contribution >= 4 is 15.9 Å². The zero-order valence-electron chi connectivity index (χ0n) is 10.9. The highest BCUT2D eigenvalue weighted by Gasteiger charge is 2.13. The molecule has 0 rings (SSSR count). The molecule has 0 radical (unpaired) electrons. The zero-order valence-corrected chi connectivity index (χ0v) is 12.5. The Bertz CT molecular complexity index is 132. The predicted molar refractivity (Wildman–Crippen MR) is 73.8 cm³/mol. The molecule has 0 amide bonds. The molecule has 0 N–H and O–H groups in total. The first-order valence-electron chi connectivity index (χ1n) is 6.45. The maximum absolute atomic E-state index is 3.61. The van der Waals surface area contributed by atoms with E-state index >= 15 is 0 Å². The molecule has 2 heteroatoms. The summed E-state index contributed by atoms with van der Waals surface area (Å²) in [7, 11) is 0. The first kappa shape index (κ1) is 15.4. The third-order valence-corrected chi connectivity index (χ3v) is 3.98. The second-order valence-electron chi connectivity index (χ2n) is 4.72. The van der Waals surface area contributed by atoms with E-state index in [9.17, 15) is 0 Å². The van der Waals surface area contributed by atoms with Gasteiger partial charge in [0.2, 0.25) is 0 Å². The molecule has 0 saturated heterocycles. The highest BCUT2D eigenvalue weighted by Crippen LogP contribution is 2.12. The van der Waals surface area contributed by atoms with Gasteiger partial charge in [0.05, 0.1) is 0 Å². The normalized spacial score (nSPS) is 13.8. The molecular weight excluding hydrogens is 250 g/mol. The number of hydrogen-bond donors (Lipinski definition) is 0. The van der Waals surface area contributed by atoms with Crippen LogP contribution < -0.4 is 0 Å². The van der Waals surface area contributed by atoms with Crippen LogP contribution in [0.4, 0.5) is 0 Å². The lowest BCUT2D eigenvalue weighted by atomic mass is 10.1. The Balaban J connectivity index is 3.91. The smallest absolute Gasteiger partial charge is 0.00717 e. The monoisotopic (exact) mass is 277 g/mol. The van der Waals surface area contributed by atoms with Gasteiger partial charge in [-0.3, -0.25) is 0 Å². The first-order chi connectivity index (χ1) is 7.15. The molecule has 0 aliphatic rings. The summed E-state index contributed by atoms with van der Waals surface area (Å²) in [6.45, 7) is 11.7. The first-order valence-corrected chi connectivity index (χ1v) is 7.57. The SMILES string of the molecule is CCCCCN(CC(CC)CBr)C(C)C. The van der Waals surface area contributed by atoms with Gasteiger partial charge < -0.3 is 4.90 Å². The topological polar surface area (TPSA) is 3.24 Å². The standard InChI is InChI=1S/C13H28BrN/c1-5-7-8-9-15(12(3)4)11-13(6-2)10-14/h12-13H,5-11H2,1-4H3. The molecule has 0 aliphatic carbocycles. The van der Waals surface area contributed by atoms with Crippen molar-refractivity contribution in [1.82, 2.24) is 4.90 Å². The third kappa shape index (κ3) is 7.35. The lowest BCUT2D eigenvalue weighted by Crippen LogP contribution is -2.36. The second kappa shape index (κ2) is 9.65. The minimum absolute atomic E-state index is 0.690. The van der Waals surface area contributed by atoms with E-state index in [1.54, 1.807) is 0 Å². The lowest BCUT2D eigenvalue weighted by molar-refractivity contribution is 0.188. The van der Waals surface area contributed by atoms with Crippen LogP contribution in [0.25, 0.3) is 0 Å². The van der Waals surface area contributed by atoms with Crippen molar-refractivity contribution < 1.29 is 0 Å². The van der Waals surface area contributed by atoms with Crippen molar-refractivity contribution in [3.8, 4) is 0 Å². The third-order valence-electron chi connectivity index (χ3n) is 3.07. The molecule has 15 heavy (non-hydrogen) atoms. The summed E-state index contributed by atoms with van der Waals surface area (Å²) in [4.78, 5) is 2.63. The summed E-state index contributed by atoms with van der Waals surface area (Å²) in [5.41, 5.74) is 0. The van der Waals surface area contributed by atoms with E-state index in [0.717, 1.165) is 11.2 Å². The minimum atomic E-state index is 0.690. The molecule has 0 aromatic heterocycles.